The van der Waals surface area contributed by atoms with Gasteiger partial charge in [-0.1, -0.05) is 37.6 Å². The van der Waals surface area contributed by atoms with Gasteiger partial charge in [0.25, 0.3) is 0 Å². The van der Waals surface area contributed by atoms with Crippen LogP contribution in [0.3, 0.4) is 0 Å². The average Bonchev–Trinajstić information content (AvgIpc) is 2.32. The fourth-order valence-electron chi connectivity index (χ4n) is 1.73. The first-order valence-electron chi connectivity index (χ1n) is 6.34. The fraction of sp³-hybridized carbons (Fsp3) is 0.571. The van der Waals surface area contributed by atoms with Gasteiger partial charge in [-0.05, 0) is 31.4 Å². The van der Waals surface area contributed by atoms with Crippen molar-refractivity contribution in [2.24, 2.45) is 5.84 Å². The van der Waals surface area contributed by atoms with Gasteiger partial charge in [-0.15, -0.1) is 0 Å². The molecule has 0 spiro atoms. The number of rotatable bonds is 7. The summed E-state index contributed by atoms with van der Waals surface area (Å²) in [6.45, 7) is 6.84. The molecule has 0 radical (unpaired) electrons. The maximum atomic E-state index is 5.58. The largest absolute Gasteiger partial charge is 0.377 e. The molecule has 1 atom stereocenters. The van der Waals surface area contributed by atoms with E-state index >= 15 is 0 Å². The van der Waals surface area contributed by atoms with Crippen LogP contribution in [0.4, 0.5) is 0 Å². The van der Waals surface area contributed by atoms with E-state index in [2.05, 4.69) is 36.6 Å². The SMILES string of the molecule is CCCc1ccc(C(COC(C)C)NN)cc1. The quantitative estimate of drug-likeness (QED) is 0.565. The van der Waals surface area contributed by atoms with Gasteiger partial charge in [-0.2, -0.15) is 0 Å². The van der Waals surface area contributed by atoms with E-state index in [0.717, 1.165) is 6.42 Å². The summed E-state index contributed by atoms with van der Waals surface area (Å²) in [5.74, 6) is 5.56. The molecule has 3 N–H and O–H groups in total. The van der Waals surface area contributed by atoms with Gasteiger partial charge in [0.05, 0.1) is 18.8 Å². The van der Waals surface area contributed by atoms with E-state index in [9.17, 15) is 0 Å². The van der Waals surface area contributed by atoms with Crippen LogP contribution in [0.25, 0.3) is 0 Å². The lowest BCUT2D eigenvalue weighted by Crippen LogP contribution is -2.32. The van der Waals surface area contributed by atoms with Crippen molar-refractivity contribution in [3.8, 4) is 0 Å². The van der Waals surface area contributed by atoms with Crippen LogP contribution in [0.2, 0.25) is 0 Å². The number of benzene rings is 1. The van der Waals surface area contributed by atoms with Crippen molar-refractivity contribution < 1.29 is 4.74 Å². The maximum absolute atomic E-state index is 5.58. The van der Waals surface area contributed by atoms with Gasteiger partial charge in [0.2, 0.25) is 0 Å². The molecule has 0 fully saturated rings. The number of hydrogen-bond acceptors (Lipinski definition) is 3. The van der Waals surface area contributed by atoms with Crippen molar-refractivity contribution >= 4 is 0 Å². The van der Waals surface area contributed by atoms with Crippen LogP contribution < -0.4 is 11.3 Å². The third kappa shape index (κ3) is 4.86. The second-order valence-electron chi connectivity index (χ2n) is 4.59. The molecule has 0 amide bonds. The molecule has 3 nitrogen and oxygen atoms in total. The van der Waals surface area contributed by atoms with Crippen molar-refractivity contribution in [3.05, 3.63) is 35.4 Å². The molecular formula is C14H24N2O. The zero-order chi connectivity index (χ0) is 12.7. The van der Waals surface area contributed by atoms with Crippen LogP contribution in [0.15, 0.2) is 24.3 Å². The summed E-state index contributed by atoms with van der Waals surface area (Å²) in [6.07, 6.45) is 2.53. The summed E-state index contributed by atoms with van der Waals surface area (Å²) in [5, 5.41) is 0. The Morgan fingerprint density at radius 3 is 2.35 bits per heavy atom. The zero-order valence-electron chi connectivity index (χ0n) is 11.1. The lowest BCUT2D eigenvalue weighted by Gasteiger charge is -2.18. The first kappa shape index (κ1) is 14.2. The Bertz CT molecular complexity index is 309. The Labute approximate surface area is 104 Å². The number of ether oxygens (including phenoxy) is 1. The molecule has 96 valence electrons. The average molecular weight is 236 g/mol. The minimum absolute atomic E-state index is 0.0630. The van der Waals surface area contributed by atoms with Crippen LogP contribution in [0, 0.1) is 0 Å². The first-order valence-corrected chi connectivity index (χ1v) is 6.34. The normalized spacial score (nSPS) is 13.0. The molecule has 3 heteroatoms. The Morgan fingerprint density at radius 1 is 1.24 bits per heavy atom. The fourth-order valence-corrected chi connectivity index (χ4v) is 1.73. The van der Waals surface area contributed by atoms with Crippen LogP contribution in [-0.2, 0) is 11.2 Å². The number of nitrogens with two attached hydrogens (primary N) is 1. The number of hydrazine groups is 1. The molecule has 1 rings (SSSR count). The second-order valence-corrected chi connectivity index (χ2v) is 4.59. The standard InChI is InChI=1S/C14H24N2O/c1-4-5-12-6-8-13(9-7-12)14(16-15)10-17-11(2)3/h6-9,11,14,16H,4-5,10,15H2,1-3H3. The van der Waals surface area contributed by atoms with Gasteiger partial charge in [-0.3, -0.25) is 11.3 Å². The molecule has 0 bridgehead atoms. The summed E-state index contributed by atoms with van der Waals surface area (Å²) < 4.78 is 5.58. The summed E-state index contributed by atoms with van der Waals surface area (Å²) in [5.41, 5.74) is 5.35. The lowest BCUT2D eigenvalue weighted by atomic mass is 10.0. The van der Waals surface area contributed by atoms with Gasteiger partial charge in [0.15, 0.2) is 0 Å². The topological polar surface area (TPSA) is 47.3 Å². The Hall–Kier alpha value is -0.900. The zero-order valence-corrected chi connectivity index (χ0v) is 11.1. The lowest BCUT2D eigenvalue weighted by molar-refractivity contribution is 0.0611. The molecular weight excluding hydrogens is 212 g/mol. The second kappa shape index (κ2) is 7.43. The number of hydrogen-bond donors (Lipinski definition) is 2. The highest BCUT2D eigenvalue weighted by molar-refractivity contribution is 5.25. The highest BCUT2D eigenvalue weighted by Crippen LogP contribution is 2.15. The van der Waals surface area contributed by atoms with Gasteiger partial charge in [0.1, 0.15) is 0 Å². The van der Waals surface area contributed by atoms with E-state index in [1.165, 1.54) is 17.5 Å². The summed E-state index contributed by atoms with van der Waals surface area (Å²) in [7, 11) is 0. The highest BCUT2D eigenvalue weighted by Gasteiger charge is 2.10. The van der Waals surface area contributed by atoms with E-state index in [4.69, 9.17) is 10.6 Å². The van der Waals surface area contributed by atoms with Gasteiger partial charge >= 0.3 is 0 Å². The van der Waals surface area contributed by atoms with Crippen LogP contribution in [0.5, 0.6) is 0 Å². The number of nitrogens with one attached hydrogen (secondary N) is 1. The smallest absolute Gasteiger partial charge is 0.0694 e. The Balaban J connectivity index is 2.61. The van der Waals surface area contributed by atoms with E-state index in [-0.39, 0.29) is 12.1 Å². The van der Waals surface area contributed by atoms with E-state index in [1.807, 2.05) is 13.8 Å². The molecule has 1 unspecified atom stereocenters. The molecule has 0 heterocycles. The molecule has 1 aromatic carbocycles. The minimum atomic E-state index is 0.0630. The number of aryl methyl sites for hydroxylation is 1. The van der Waals surface area contributed by atoms with Crippen LogP contribution in [-0.4, -0.2) is 12.7 Å². The van der Waals surface area contributed by atoms with Crippen molar-refractivity contribution in [3.63, 3.8) is 0 Å². The van der Waals surface area contributed by atoms with Crippen molar-refractivity contribution in [2.45, 2.75) is 45.8 Å². The molecule has 0 aliphatic heterocycles. The molecule has 17 heavy (non-hydrogen) atoms. The molecule has 1 aromatic rings. The predicted octanol–water partition coefficient (Wildman–Crippen LogP) is 2.57. The first-order chi connectivity index (χ1) is 8.17. The summed E-state index contributed by atoms with van der Waals surface area (Å²) in [6, 6.07) is 8.64. The third-order valence-corrected chi connectivity index (χ3v) is 2.72. The van der Waals surface area contributed by atoms with E-state index in [1.54, 1.807) is 0 Å². The van der Waals surface area contributed by atoms with Gasteiger partial charge < -0.3 is 4.74 Å². The summed E-state index contributed by atoms with van der Waals surface area (Å²) >= 11 is 0. The molecule has 0 saturated heterocycles. The third-order valence-electron chi connectivity index (χ3n) is 2.72. The van der Waals surface area contributed by atoms with Gasteiger partial charge in [-0.25, -0.2) is 0 Å². The highest BCUT2D eigenvalue weighted by atomic mass is 16.5. The van der Waals surface area contributed by atoms with Crippen LogP contribution >= 0.6 is 0 Å². The monoisotopic (exact) mass is 236 g/mol. The van der Waals surface area contributed by atoms with E-state index < -0.39 is 0 Å². The minimum Gasteiger partial charge on any atom is -0.377 e. The Kier molecular flexibility index (Phi) is 6.19. The molecule has 0 aliphatic rings. The van der Waals surface area contributed by atoms with Crippen molar-refractivity contribution in [1.82, 2.24) is 5.43 Å². The molecule has 0 aliphatic carbocycles. The van der Waals surface area contributed by atoms with Crippen LogP contribution in [0.1, 0.15) is 44.4 Å². The molecule has 0 saturated carbocycles. The summed E-state index contributed by atoms with van der Waals surface area (Å²) in [4.78, 5) is 0. The van der Waals surface area contributed by atoms with Crippen molar-refractivity contribution in [1.29, 1.82) is 0 Å². The Morgan fingerprint density at radius 2 is 1.88 bits per heavy atom. The van der Waals surface area contributed by atoms with Crippen molar-refractivity contribution in [2.75, 3.05) is 6.61 Å². The van der Waals surface area contributed by atoms with Gasteiger partial charge in [0, 0.05) is 0 Å². The maximum Gasteiger partial charge on any atom is 0.0694 e. The predicted molar refractivity (Wildman–Crippen MR) is 71.6 cm³/mol. The van der Waals surface area contributed by atoms with E-state index in [0.29, 0.717) is 6.61 Å². The molecule has 0 aromatic heterocycles.